The van der Waals surface area contributed by atoms with E-state index in [9.17, 15) is 14.9 Å². The summed E-state index contributed by atoms with van der Waals surface area (Å²) < 4.78 is 1.45. The van der Waals surface area contributed by atoms with Gasteiger partial charge >= 0.3 is 5.69 Å². The van der Waals surface area contributed by atoms with Crippen LogP contribution in [0.2, 0.25) is 0 Å². The lowest BCUT2D eigenvalue weighted by Crippen LogP contribution is -2.48. The molecule has 138 valence electrons. The van der Waals surface area contributed by atoms with Gasteiger partial charge in [0.05, 0.1) is 11.0 Å². The lowest BCUT2D eigenvalue weighted by atomic mass is 10.0. The van der Waals surface area contributed by atoms with Crippen LogP contribution in [0.3, 0.4) is 0 Å². The molecule has 0 saturated carbocycles. The van der Waals surface area contributed by atoms with Crippen molar-refractivity contribution in [2.75, 3.05) is 19.6 Å². The number of benzene rings is 1. The molecular formula is C18H23N5O3. The first-order valence-corrected chi connectivity index (χ1v) is 8.84. The summed E-state index contributed by atoms with van der Waals surface area (Å²) in [6.45, 7) is 4.59. The van der Waals surface area contributed by atoms with Gasteiger partial charge in [-0.25, -0.2) is 0 Å². The molecule has 0 aliphatic carbocycles. The molecule has 1 aliphatic heterocycles. The number of aromatic nitrogens is 2. The van der Waals surface area contributed by atoms with Crippen LogP contribution in [0.5, 0.6) is 0 Å². The Kier molecular flexibility index (Phi) is 5.62. The van der Waals surface area contributed by atoms with E-state index in [4.69, 9.17) is 0 Å². The Hall–Kier alpha value is -2.74. The van der Waals surface area contributed by atoms with Crippen molar-refractivity contribution in [1.82, 2.24) is 20.0 Å². The molecule has 0 bridgehead atoms. The summed E-state index contributed by atoms with van der Waals surface area (Å²) in [5.74, 6) is 0.0363. The molecule has 1 N–H and O–H groups in total. The van der Waals surface area contributed by atoms with E-state index in [1.807, 2.05) is 4.90 Å². The smallest absolute Gasteiger partial charge is 0.306 e. The average Bonchev–Trinajstić information content (AvgIpc) is 3.15. The van der Waals surface area contributed by atoms with E-state index < -0.39 is 4.92 Å². The van der Waals surface area contributed by atoms with Crippen molar-refractivity contribution in [2.45, 2.75) is 32.4 Å². The number of piperazine rings is 1. The van der Waals surface area contributed by atoms with Crippen molar-refractivity contribution in [2.24, 2.45) is 0 Å². The standard InChI is InChI=1S/C18H23N5O3/c1-2-14-3-5-15(6-4-14)17-12-19-8-10-22(17)18(24)7-9-21-13-16(11-20-21)23(25)26/h3-6,11,13,17,19H,2,7-10,12H2,1H3. The predicted octanol–water partition coefficient (Wildman–Crippen LogP) is 1.92. The topological polar surface area (TPSA) is 93.3 Å². The Morgan fingerprint density at radius 2 is 2.15 bits per heavy atom. The van der Waals surface area contributed by atoms with E-state index in [1.165, 1.54) is 22.6 Å². The maximum absolute atomic E-state index is 12.7. The molecule has 0 spiro atoms. The third-order valence-corrected chi connectivity index (χ3v) is 4.72. The molecule has 8 heteroatoms. The fraction of sp³-hybridized carbons (Fsp3) is 0.444. The monoisotopic (exact) mass is 357 g/mol. The Morgan fingerprint density at radius 3 is 2.81 bits per heavy atom. The number of hydrogen-bond acceptors (Lipinski definition) is 5. The van der Waals surface area contributed by atoms with Gasteiger partial charge in [0.15, 0.2) is 0 Å². The van der Waals surface area contributed by atoms with Crippen LogP contribution in [0, 0.1) is 10.1 Å². The Balaban J connectivity index is 1.65. The Morgan fingerprint density at radius 1 is 1.38 bits per heavy atom. The van der Waals surface area contributed by atoms with Crippen LogP contribution in [0.15, 0.2) is 36.7 Å². The van der Waals surface area contributed by atoms with Crippen molar-refractivity contribution in [3.05, 3.63) is 57.9 Å². The molecule has 2 heterocycles. The molecule has 26 heavy (non-hydrogen) atoms. The first-order valence-electron chi connectivity index (χ1n) is 8.84. The van der Waals surface area contributed by atoms with Gasteiger partial charge in [0.25, 0.3) is 0 Å². The molecule has 1 saturated heterocycles. The van der Waals surface area contributed by atoms with Crippen LogP contribution in [-0.2, 0) is 17.8 Å². The minimum absolute atomic E-state index is 0.00844. The first kappa shape index (κ1) is 18.1. The van der Waals surface area contributed by atoms with Crippen LogP contribution in [-0.4, -0.2) is 45.1 Å². The largest absolute Gasteiger partial charge is 0.333 e. The average molecular weight is 357 g/mol. The number of rotatable bonds is 6. The van der Waals surface area contributed by atoms with Gasteiger partial charge in [-0.15, -0.1) is 0 Å². The number of carbonyl (C=O) groups is 1. The molecule has 0 radical (unpaired) electrons. The van der Waals surface area contributed by atoms with Gasteiger partial charge in [0, 0.05) is 32.6 Å². The SMILES string of the molecule is CCc1ccc(C2CNCCN2C(=O)CCn2cc([N+](=O)[O-])cn2)cc1. The second-order valence-electron chi connectivity index (χ2n) is 6.37. The molecule has 1 atom stereocenters. The lowest BCUT2D eigenvalue weighted by Gasteiger charge is -2.36. The maximum Gasteiger partial charge on any atom is 0.306 e. The fourth-order valence-electron chi connectivity index (χ4n) is 3.20. The summed E-state index contributed by atoms with van der Waals surface area (Å²) in [5, 5.41) is 18.0. The molecule has 1 aromatic heterocycles. The number of amides is 1. The molecular weight excluding hydrogens is 334 g/mol. The highest BCUT2D eigenvalue weighted by atomic mass is 16.6. The number of nitrogens with zero attached hydrogens (tertiary/aromatic N) is 4. The summed E-state index contributed by atoms with van der Waals surface area (Å²) in [4.78, 5) is 24.9. The fourth-order valence-corrected chi connectivity index (χ4v) is 3.20. The van der Waals surface area contributed by atoms with Gasteiger partial charge < -0.3 is 10.2 Å². The first-order chi connectivity index (χ1) is 12.6. The Labute approximate surface area is 151 Å². The molecule has 1 aromatic carbocycles. The van der Waals surface area contributed by atoms with E-state index in [1.54, 1.807) is 0 Å². The van der Waals surface area contributed by atoms with Gasteiger partial charge in [0.1, 0.15) is 12.4 Å². The summed E-state index contributed by atoms with van der Waals surface area (Å²) in [7, 11) is 0. The summed E-state index contributed by atoms with van der Waals surface area (Å²) >= 11 is 0. The van der Waals surface area contributed by atoms with Crippen molar-refractivity contribution < 1.29 is 9.72 Å². The van der Waals surface area contributed by atoms with Crippen LogP contribution >= 0.6 is 0 Å². The van der Waals surface area contributed by atoms with Crippen molar-refractivity contribution in [3.8, 4) is 0 Å². The zero-order valence-corrected chi connectivity index (χ0v) is 14.8. The van der Waals surface area contributed by atoms with E-state index in [0.717, 1.165) is 25.1 Å². The zero-order valence-electron chi connectivity index (χ0n) is 14.8. The highest BCUT2D eigenvalue weighted by molar-refractivity contribution is 5.76. The second-order valence-corrected chi connectivity index (χ2v) is 6.37. The third-order valence-electron chi connectivity index (χ3n) is 4.72. The van der Waals surface area contributed by atoms with Gasteiger partial charge in [0.2, 0.25) is 5.91 Å². The molecule has 8 nitrogen and oxygen atoms in total. The highest BCUT2D eigenvalue weighted by Crippen LogP contribution is 2.24. The van der Waals surface area contributed by atoms with E-state index in [2.05, 4.69) is 41.6 Å². The Bertz CT molecular complexity index is 771. The number of nitrogens with one attached hydrogen (secondary N) is 1. The number of aryl methyl sites for hydroxylation is 2. The molecule has 1 fully saturated rings. The van der Waals surface area contributed by atoms with E-state index in [-0.39, 0.29) is 24.1 Å². The minimum Gasteiger partial charge on any atom is -0.333 e. The second kappa shape index (κ2) is 8.09. The molecule has 3 rings (SSSR count). The summed E-state index contributed by atoms with van der Waals surface area (Å²) in [6.07, 6.45) is 3.81. The van der Waals surface area contributed by atoms with E-state index >= 15 is 0 Å². The van der Waals surface area contributed by atoms with Gasteiger partial charge in [-0.3, -0.25) is 19.6 Å². The van der Waals surface area contributed by atoms with E-state index in [0.29, 0.717) is 13.1 Å². The van der Waals surface area contributed by atoms with Crippen molar-refractivity contribution >= 4 is 11.6 Å². The molecule has 1 aliphatic rings. The molecule has 1 unspecified atom stereocenters. The van der Waals surface area contributed by atoms with Gasteiger partial charge in [-0.2, -0.15) is 5.10 Å². The summed E-state index contributed by atoms with van der Waals surface area (Å²) in [5.41, 5.74) is 2.33. The van der Waals surface area contributed by atoms with Crippen molar-refractivity contribution in [1.29, 1.82) is 0 Å². The number of carbonyl (C=O) groups excluding carboxylic acids is 1. The van der Waals surface area contributed by atoms with Crippen LogP contribution in [0.1, 0.15) is 30.5 Å². The molecule has 2 aromatic rings. The predicted molar refractivity (Wildman–Crippen MR) is 96.6 cm³/mol. The number of nitro groups is 1. The molecule has 1 amide bonds. The normalized spacial score (nSPS) is 17.3. The van der Waals surface area contributed by atoms with Crippen LogP contribution < -0.4 is 5.32 Å². The quantitative estimate of drug-likeness (QED) is 0.630. The minimum atomic E-state index is -0.488. The summed E-state index contributed by atoms with van der Waals surface area (Å²) in [6, 6.07) is 8.40. The van der Waals surface area contributed by atoms with Gasteiger partial charge in [-0.1, -0.05) is 31.2 Å². The number of hydrogen-bond donors (Lipinski definition) is 1. The maximum atomic E-state index is 12.7. The lowest BCUT2D eigenvalue weighted by molar-refractivity contribution is -0.385. The zero-order chi connectivity index (χ0) is 18.5. The highest BCUT2D eigenvalue weighted by Gasteiger charge is 2.27. The van der Waals surface area contributed by atoms with Crippen LogP contribution in [0.4, 0.5) is 5.69 Å². The van der Waals surface area contributed by atoms with Gasteiger partial charge in [-0.05, 0) is 17.5 Å². The van der Waals surface area contributed by atoms with Crippen LogP contribution in [0.25, 0.3) is 0 Å². The third kappa shape index (κ3) is 4.08. The van der Waals surface area contributed by atoms with Crippen molar-refractivity contribution in [3.63, 3.8) is 0 Å².